The van der Waals surface area contributed by atoms with Gasteiger partial charge in [-0.05, 0) is 13.3 Å². The Kier molecular flexibility index (Phi) is 3.19. The van der Waals surface area contributed by atoms with Gasteiger partial charge in [0.25, 0.3) is 5.91 Å². The van der Waals surface area contributed by atoms with Crippen LogP contribution in [-0.2, 0) is 16.1 Å². The highest BCUT2D eigenvalue weighted by atomic mass is 19.2. The molecule has 2 aliphatic heterocycles. The molecule has 0 aromatic heterocycles. The average molecular weight is 312 g/mol. The molecule has 8 heteroatoms. The molecule has 116 valence electrons. The van der Waals surface area contributed by atoms with Crippen LogP contribution in [0.1, 0.15) is 34.3 Å². The zero-order chi connectivity index (χ0) is 16.2. The van der Waals surface area contributed by atoms with Crippen LogP contribution in [0, 0.1) is 24.4 Å². The number of carbonyl (C=O) groups excluding carboxylic acids is 3. The summed E-state index contributed by atoms with van der Waals surface area (Å²) in [5.74, 6) is -5.77. The molecule has 3 rings (SSSR count). The Morgan fingerprint density at radius 1 is 1.09 bits per heavy atom. The standard InChI is InChI=1S/C14H11F3N2O3/c1-5-10(15)9-6(12(17)11(5)16)4-19(14(9)22)7-2-3-8(20)18-13(7)21/h7H,2-4H2,1H3,(H,18,20,21)/t7-/m1/s1. The zero-order valence-electron chi connectivity index (χ0n) is 11.5. The van der Waals surface area contributed by atoms with Crippen molar-refractivity contribution in [3.8, 4) is 0 Å². The fourth-order valence-electron chi connectivity index (χ4n) is 2.81. The maximum absolute atomic E-state index is 14.1. The summed E-state index contributed by atoms with van der Waals surface area (Å²) in [6.07, 6.45) is 0.0873. The maximum Gasteiger partial charge on any atom is 0.258 e. The lowest BCUT2D eigenvalue weighted by molar-refractivity contribution is -0.136. The van der Waals surface area contributed by atoms with Gasteiger partial charge in [0.15, 0.2) is 11.6 Å². The summed E-state index contributed by atoms with van der Waals surface area (Å²) < 4.78 is 41.6. The second-order valence-corrected chi connectivity index (χ2v) is 5.32. The number of carbonyl (C=O) groups is 3. The number of nitrogens with one attached hydrogen (secondary N) is 1. The number of benzene rings is 1. The van der Waals surface area contributed by atoms with Gasteiger partial charge in [-0.25, -0.2) is 13.2 Å². The predicted molar refractivity (Wildman–Crippen MR) is 67.1 cm³/mol. The van der Waals surface area contributed by atoms with E-state index in [2.05, 4.69) is 5.32 Å². The largest absolute Gasteiger partial charge is 0.322 e. The molecule has 2 aliphatic rings. The number of fused-ring (bicyclic) bond motifs is 1. The monoisotopic (exact) mass is 312 g/mol. The molecule has 5 nitrogen and oxygen atoms in total. The summed E-state index contributed by atoms with van der Waals surface area (Å²) in [5.41, 5.74) is -1.51. The van der Waals surface area contributed by atoms with Gasteiger partial charge in [0.05, 0.1) is 12.1 Å². The van der Waals surface area contributed by atoms with E-state index in [4.69, 9.17) is 0 Å². The van der Waals surface area contributed by atoms with E-state index in [0.29, 0.717) is 0 Å². The summed E-state index contributed by atoms with van der Waals surface area (Å²) in [4.78, 5) is 36.2. The van der Waals surface area contributed by atoms with Crippen molar-refractivity contribution in [1.82, 2.24) is 10.2 Å². The molecule has 22 heavy (non-hydrogen) atoms. The first kappa shape index (κ1) is 14.6. The van der Waals surface area contributed by atoms with E-state index in [1.807, 2.05) is 0 Å². The molecule has 0 saturated carbocycles. The molecule has 0 aliphatic carbocycles. The van der Waals surface area contributed by atoms with Crippen LogP contribution in [0.5, 0.6) is 0 Å². The molecular formula is C14H11F3N2O3. The lowest BCUT2D eigenvalue weighted by Gasteiger charge is -2.29. The van der Waals surface area contributed by atoms with Crippen LogP contribution in [-0.4, -0.2) is 28.7 Å². The lowest BCUT2D eigenvalue weighted by atomic mass is 10.0. The van der Waals surface area contributed by atoms with Gasteiger partial charge in [0.2, 0.25) is 11.8 Å². The Balaban J connectivity index is 2.02. The number of hydrogen-bond donors (Lipinski definition) is 1. The van der Waals surface area contributed by atoms with Crippen LogP contribution in [0.25, 0.3) is 0 Å². The first-order valence-corrected chi connectivity index (χ1v) is 6.63. The van der Waals surface area contributed by atoms with Crippen LogP contribution in [0.2, 0.25) is 0 Å². The van der Waals surface area contributed by atoms with Gasteiger partial charge in [-0.3, -0.25) is 19.7 Å². The molecule has 0 bridgehead atoms. The highest BCUT2D eigenvalue weighted by Gasteiger charge is 2.43. The van der Waals surface area contributed by atoms with Gasteiger partial charge in [0.1, 0.15) is 11.9 Å². The fraction of sp³-hybridized carbons (Fsp3) is 0.357. The number of rotatable bonds is 1. The van der Waals surface area contributed by atoms with Crippen molar-refractivity contribution in [2.45, 2.75) is 32.4 Å². The minimum absolute atomic E-state index is 0.0227. The van der Waals surface area contributed by atoms with Crippen LogP contribution < -0.4 is 5.32 Å². The topological polar surface area (TPSA) is 66.5 Å². The highest BCUT2D eigenvalue weighted by Crippen LogP contribution is 2.33. The van der Waals surface area contributed by atoms with E-state index < -0.39 is 64.5 Å². The van der Waals surface area contributed by atoms with Crippen LogP contribution in [0.15, 0.2) is 0 Å². The van der Waals surface area contributed by atoms with Crippen molar-refractivity contribution in [3.05, 3.63) is 34.1 Å². The molecule has 1 atom stereocenters. The Labute approximate surface area is 123 Å². The van der Waals surface area contributed by atoms with E-state index in [-0.39, 0.29) is 12.8 Å². The van der Waals surface area contributed by atoms with E-state index in [9.17, 15) is 27.6 Å². The number of piperidine rings is 1. The minimum Gasteiger partial charge on any atom is -0.322 e. The fourth-order valence-corrected chi connectivity index (χ4v) is 2.81. The van der Waals surface area contributed by atoms with Crippen LogP contribution >= 0.6 is 0 Å². The molecular weight excluding hydrogens is 301 g/mol. The predicted octanol–water partition coefficient (Wildman–Crippen LogP) is 1.17. The van der Waals surface area contributed by atoms with Crippen molar-refractivity contribution < 1.29 is 27.6 Å². The van der Waals surface area contributed by atoms with Crippen molar-refractivity contribution >= 4 is 17.7 Å². The third-order valence-electron chi connectivity index (χ3n) is 4.03. The van der Waals surface area contributed by atoms with Crippen molar-refractivity contribution in [1.29, 1.82) is 0 Å². The molecule has 3 amide bonds. The molecule has 1 aromatic carbocycles. The molecule has 1 fully saturated rings. The van der Waals surface area contributed by atoms with Gasteiger partial charge < -0.3 is 4.90 Å². The first-order chi connectivity index (χ1) is 10.3. The van der Waals surface area contributed by atoms with Crippen molar-refractivity contribution in [2.24, 2.45) is 0 Å². The second-order valence-electron chi connectivity index (χ2n) is 5.32. The quantitative estimate of drug-likeness (QED) is 0.625. The molecule has 1 N–H and O–H groups in total. The third-order valence-corrected chi connectivity index (χ3v) is 4.03. The summed E-state index contributed by atoms with van der Waals surface area (Å²) in [7, 11) is 0. The molecule has 0 radical (unpaired) electrons. The average Bonchev–Trinajstić information content (AvgIpc) is 2.81. The third kappa shape index (κ3) is 1.90. The SMILES string of the molecule is Cc1c(F)c(F)c2c(c1F)C(=O)N([C@@H]1CCC(=O)NC1=O)C2. The van der Waals surface area contributed by atoms with Gasteiger partial charge in [0, 0.05) is 17.5 Å². The number of hydrogen-bond acceptors (Lipinski definition) is 3. The highest BCUT2D eigenvalue weighted by molar-refractivity contribution is 6.05. The lowest BCUT2D eigenvalue weighted by Crippen LogP contribution is -2.52. The smallest absolute Gasteiger partial charge is 0.258 e. The van der Waals surface area contributed by atoms with Gasteiger partial charge in [-0.2, -0.15) is 0 Å². The number of nitrogens with zero attached hydrogens (tertiary/aromatic N) is 1. The van der Waals surface area contributed by atoms with Gasteiger partial charge in [-0.15, -0.1) is 0 Å². The summed E-state index contributed by atoms with van der Waals surface area (Å²) in [6, 6.07) is -1.00. The minimum atomic E-state index is -1.34. The van der Waals surface area contributed by atoms with E-state index in [1.54, 1.807) is 0 Å². The summed E-state index contributed by atoms with van der Waals surface area (Å²) >= 11 is 0. The van der Waals surface area contributed by atoms with Crippen molar-refractivity contribution in [2.75, 3.05) is 0 Å². The number of halogens is 3. The van der Waals surface area contributed by atoms with Gasteiger partial charge in [-0.1, -0.05) is 0 Å². The molecule has 1 aromatic rings. The summed E-state index contributed by atoms with van der Waals surface area (Å²) in [6.45, 7) is 0.635. The second kappa shape index (κ2) is 4.82. The van der Waals surface area contributed by atoms with Gasteiger partial charge >= 0.3 is 0 Å². The number of amides is 3. The molecule has 0 unspecified atom stereocenters. The first-order valence-electron chi connectivity index (χ1n) is 6.63. The van der Waals surface area contributed by atoms with E-state index in [1.165, 1.54) is 0 Å². The summed E-state index contributed by atoms with van der Waals surface area (Å²) in [5, 5.41) is 2.07. The zero-order valence-corrected chi connectivity index (χ0v) is 11.5. The Morgan fingerprint density at radius 3 is 2.41 bits per heavy atom. The van der Waals surface area contributed by atoms with E-state index in [0.717, 1.165) is 11.8 Å². The molecule has 1 saturated heterocycles. The van der Waals surface area contributed by atoms with Crippen molar-refractivity contribution in [3.63, 3.8) is 0 Å². The van der Waals surface area contributed by atoms with E-state index >= 15 is 0 Å². The van der Waals surface area contributed by atoms with Crippen LogP contribution in [0.3, 0.4) is 0 Å². The molecule has 0 spiro atoms. The Morgan fingerprint density at radius 2 is 1.77 bits per heavy atom. The maximum atomic E-state index is 14.1. The van der Waals surface area contributed by atoms with Crippen LogP contribution in [0.4, 0.5) is 13.2 Å². The normalized spacial score (nSPS) is 21.2. The number of imide groups is 1. The Hall–Kier alpha value is -2.38. The molecule has 2 heterocycles. The Bertz CT molecular complexity index is 733.